The third kappa shape index (κ3) is 4.05. The van der Waals surface area contributed by atoms with Gasteiger partial charge in [0.15, 0.2) is 0 Å². The van der Waals surface area contributed by atoms with Gasteiger partial charge in [0.05, 0.1) is 6.04 Å². The van der Waals surface area contributed by atoms with E-state index in [1.165, 1.54) is 17.7 Å². The van der Waals surface area contributed by atoms with Gasteiger partial charge in [-0.15, -0.1) is 0 Å². The molecule has 2 aromatic rings. The lowest BCUT2D eigenvalue weighted by Crippen LogP contribution is -2.37. The molecule has 3 heteroatoms. The van der Waals surface area contributed by atoms with Gasteiger partial charge in [-0.1, -0.05) is 44.2 Å². The zero-order valence-electron chi connectivity index (χ0n) is 12.7. The van der Waals surface area contributed by atoms with Gasteiger partial charge in [-0.3, -0.25) is 0 Å². The Bertz CT molecular complexity index is 539. The summed E-state index contributed by atoms with van der Waals surface area (Å²) in [4.78, 5) is 0. The van der Waals surface area contributed by atoms with Crippen LogP contribution in [0.1, 0.15) is 25.5 Å². The lowest BCUT2D eigenvalue weighted by molar-refractivity contribution is 0.111. The van der Waals surface area contributed by atoms with Crippen molar-refractivity contribution in [2.24, 2.45) is 5.92 Å². The van der Waals surface area contributed by atoms with Crippen LogP contribution in [0.5, 0.6) is 5.75 Å². The summed E-state index contributed by atoms with van der Waals surface area (Å²) in [5.74, 6) is 0.746. The first kappa shape index (κ1) is 15.5. The fourth-order valence-corrected chi connectivity index (χ4v) is 2.44. The highest BCUT2D eigenvalue weighted by Crippen LogP contribution is 2.26. The van der Waals surface area contributed by atoms with Gasteiger partial charge in [0.25, 0.3) is 0 Å². The van der Waals surface area contributed by atoms with E-state index < -0.39 is 0 Å². The number of nitrogens with one attached hydrogen (secondary N) is 1. The Kier molecular flexibility index (Phi) is 5.34. The first-order chi connectivity index (χ1) is 10.1. The van der Waals surface area contributed by atoms with Gasteiger partial charge in [0.2, 0.25) is 0 Å². The van der Waals surface area contributed by atoms with E-state index in [0.29, 0.717) is 11.7 Å². The van der Waals surface area contributed by atoms with Crippen molar-refractivity contribution in [3.8, 4) is 5.75 Å². The molecule has 21 heavy (non-hydrogen) atoms. The van der Waals surface area contributed by atoms with E-state index in [1.54, 1.807) is 12.1 Å². The number of hydrogen-bond acceptors (Lipinski definition) is 2. The van der Waals surface area contributed by atoms with E-state index in [-0.39, 0.29) is 18.0 Å². The van der Waals surface area contributed by atoms with Gasteiger partial charge >= 0.3 is 0 Å². The van der Waals surface area contributed by atoms with E-state index in [1.807, 2.05) is 25.2 Å². The third-order valence-corrected chi connectivity index (χ3v) is 3.54. The van der Waals surface area contributed by atoms with Crippen LogP contribution in [0.25, 0.3) is 0 Å². The first-order valence-corrected chi connectivity index (χ1v) is 7.26. The zero-order chi connectivity index (χ0) is 15.2. The molecule has 0 bridgehead atoms. The van der Waals surface area contributed by atoms with Gasteiger partial charge in [-0.05, 0) is 42.8 Å². The number of halogens is 1. The van der Waals surface area contributed by atoms with Gasteiger partial charge < -0.3 is 10.1 Å². The highest BCUT2D eigenvalue weighted by Gasteiger charge is 2.26. The van der Waals surface area contributed by atoms with Crippen LogP contribution in [-0.4, -0.2) is 13.2 Å². The molecular weight excluding hydrogens is 265 g/mol. The largest absolute Gasteiger partial charge is 0.488 e. The highest BCUT2D eigenvalue weighted by atomic mass is 19.1. The topological polar surface area (TPSA) is 21.3 Å². The van der Waals surface area contributed by atoms with Crippen molar-refractivity contribution in [1.82, 2.24) is 5.32 Å². The normalized spacial score (nSPS) is 14.0. The van der Waals surface area contributed by atoms with Crippen LogP contribution in [0.3, 0.4) is 0 Å². The summed E-state index contributed by atoms with van der Waals surface area (Å²) < 4.78 is 19.1. The molecule has 0 saturated heterocycles. The van der Waals surface area contributed by atoms with Crippen LogP contribution in [0, 0.1) is 11.7 Å². The maximum absolute atomic E-state index is 13.0. The van der Waals surface area contributed by atoms with Crippen LogP contribution < -0.4 is 10.1 Å². The molecule has 0 saturated carbocycles. The quantitative estimate of drug-likeness (QED) is 0.860. The second-order valence-corrected chi connectivity index (χ2v) is 5.46. The van der Waals surface area contributed by atoms with Crippen LogP contribution in [0.4, 0.5) is 4.39 Å². The minimum Gasteiger partial charge on any atom is -0.488 e. The second-order valence-electron chi connectivity index (χ2n) is 5.46. The van der Waals surface area contributed by atoms with Gasteiger partial charge in [0, 0.05) is 0 Å². The van der Waals surface area contributed by atoms with E-state index in [9.17, 15) is 4.39 Å². The zero-order valence-corrected chi connectivity index (χ0v) is 12.7. The van der Waals surface area contributed by atoms with Gasteiger partial charge in [0.1, 0.15) is 17.7 Å². The Morgan fingerprint density at radius 1 is 0.952 bits per heavy atom. The summed E-state index contributed by atoms with van der Waals surface area (Å²) in [6.07, 6.45) is -0.0390. The van der Waals surface area contributed by atoms with Gasteiger partial charge in [-0.25, -0.2) is 4.39 Å². The predicted octanol–water partition coefficient (Wildman–Crippen LogP) is 4.19. The van der Waals surface area contributed by atoms with Crippen molar-refractivity contribution in [1.29, 1.82) is 0 Å². The minimum absolute atomic E-state index is 0.0390. The van der Waals surface area contributed by atoms with Crippen LogP contribution in [-0.2, 0) is 0 Å². The lowest BCUT2D eigenvalue weighted by atomic mass is 9.93. The smallest absolute Gasteiger partial charge is 0.123 e. The van der Waals surface area contributed by atoms with Crippen molar-refractivity contribution >= 4 is 0 Å². The molecule has 2 nitrogen and oxygen atoms in total. The van der Waals surface area contributed by atoms with Crippen LogP contribution in [0.15, 0.2) is 54.6 Å². The molecule has 112 valence electrons. The van der Waals surface area contributed by atoms with E-state index in [2.05, 4.69) is 31.3 Å². The summed E-state index contributed by atoms with van der Waals surface area (Å²) >= 11 is 0. The fraction of sp³-hybridized carbons (Fsp3) is 0.333. The van der Waals surface area contributed by atoms with E-state index in [4.69, 9.17) is 4.74 Å². The molecule has 2 atom stereocenters. The molecule has 0 fully saturated rings. The molecule has 1 N–H and O–H groups in total. The monoisotopic (exact) mass is 287 g/mol. The molecule has 2 unspecified atom stereocenters. The molecule has 0 aromatic heterocycles. The van der Waals surface area contributed by atoms with Crippen molar-refractivity contribution in [3.63, 3.8) is 0 Å². The molecule has 2 rings (SSSR count). The molecule has 0 aliphatic heterocycles. The lowest BCUT2D eigenvalue weighted by Gasteiger charge is -2.31. The number of rotatable bonds is 6. The molecule has 0 amide bonds. The molecule has 0 heterocycles. The summed E-state index contributed by atoms with van der Waals surface area (Å²) in [5, 5.41) is 3.33. The predicted molar refractivity (Wildman–Crippen MR) is 83.9 cm³/mol. The maximum Gasteiger partial charge on any atom is 0.123 e. The summed E-state index contributed by atoms with van der Waals surface area (Å²) in [6.45, 7) is 4.25. The SMILES string of the molecule is CNC(c1ccccc1)C(Oc1ccc(F)cc1)C(C)C. The molecule has 2 aromatic carbocycles. The molecule has 0 aliphatic rings. The van der Waals surface area contributed by atoms with Crippen LogP contribution in [0.2, 0.25) is 0 Å². The molecule has 0 radical (unpaired) electrons. The third-order valence-electron chi connectivity index (χ3n) is 3.54. The number of hydrogen-bond donors (Lipinski definition) is 1. The summed E-state index contributed by atoms with van der Waals surface area (Å²) in [7, 11) is 1.93. The average molecular weight is 287 g/mol. The maximum atomic E-state index is 13.0. The van der Waals surface area contributed by atoms with E-state index in [0.717, 1.165) is 0 Å². The average Bonchev–Trinajstić information content (AvgIpc) is 2.50. The van der Waals surface area contributed by atoms with Crippen LogP contribution >= 0.6 is 0 Å². The fourth-order valence-electron chi connectivity index (χ4n) is 2.44. The first-order valence-electron chi connectivity index (χ1n) is 7.26. The molecule has 0 aliphatic carbocycles. The van der Waals surface area contributed by atoms with Crippen molar-refractivity contribution in [2.45, 2.75) is 26.0 Å². The number of likely N-dealkylation sites (N-methyl/N-ethyl adjacent to an activating group) is 1. The molecule has 0 spiro atoms. The standard InChI is InChI=1S/C18H22FNO/c1-13(2)18(21-16-11-9-15(19)10-12-16)17(20-3)14-7-5-4-6-8-14/h4-13,17-18,20H,1-3H3. The Morgan fingerprint density at radius 2 is 1.57 bits per heavy atom. The van der Waals surface area contributed by atoms with Crippen molar-refractivity contribution in [2.75, 3.05) is 7.05 Å². The second kappa shape index (κ2) is 7.23. The summed E-state index contributed by atoms with van der Waals surface area (Å²) in [5.41, 5.74) is 1.18. The Hall–Kier alpha value is -1.87. The van der Waals surface area contributed by atoms with Crippen molar-refractivity contribution in [3.05, 3.63) is 66.0 Å². The molecular formula is C18H22FNO. The Balaban J connectivity index is 2.22. The van der Waals surface area contributed by atoms with Crippen molar-refractivity contribution < 1.29 is 9.13 Å². The number of ether oxygens (including phenoxy) is 1. The number of benzene rings is 2. The van der Waals surface area contributed by atoms with Gasteiger partial charge in [-0.2, -0.15) is 0 Å². The van der Waals surface area contributed by atoms with E-state index >= 15 is 0 Å². The summed E-state index contributed by atoms with van der Waals surface area (Å²) in [6, 6.07) is 16.5. The minimum atomic E-state index is -0.253. The highest BCUT2D eigenvalue weighted by molar-refractivity contribution is 5.25. The Labute approximate surface area is 126 Å². The Morgan fingerprint density at radius 3 is 2.10 bits per heavy atom.